The third kappa shape index (κ3) is 3.07. The van der Waals surface area contributed by atoms with Crippen LogP contribution >= 0.6 is 0 Å². The van der Waals surface area contributed by atoms with Gasteiger partial charge in [0.1, 0.15) is 5.75 Å². The number of fused-ring (bicyclic) bond motifs is 1. The highest BCUT2D eigenvalue weighted by atomic mass is 16.5. The molecule has 0 fully saturated rings. The second-order valence-corrected chi connectivity index (χ2v) is 4.97. The van der Waals surface area contributed by atoms with Crippen LogP contribution in [-0.4, -0.2) is 26.1 Å². The Balaban J connectivity index is 2.15. The van der Waals surface area contributed by atoms with Gasteiger partial charge in [0.15, 0.2) is 6.10 Å². The summed E-state index contributed by atoms with van der Waals surface area (Å²) in [5.41, 5.74) is 2.68. The van der Waals surface area contributed by atoms with Crippen LogP contribution in [0.1, 0.15) is 36.9 Å². The van der Waals surface area contributed by atoms with E-state index in [0.29, 0.717) is 6.04 Å². The average Bonchev–Trinajstić information content (AvgIpc) is 2.45. The molecule has 0 bridgehead atoms. The van der Waals surface area contributed by atoms with Gasteiger partial charge in [0.05, 0.1) is 0 Å². The summed E-state index contributed by atoms with van der Waals surface area (Å²) in [6.45, 7) is 1.76. The number of ether oxygens (including phenoxy) is 1. The Morgan fingerprint density at radius 2 is 2.21 bits per heavy atom. The quantitative estimate of drug-likeness (QED) is 0.870. The molecule has 0 saturated heterocycles. The maximum atomic E-state index is 11.5. The van der Waals surface area contributed by atoms with Crippen molar-refractivity contribution in [3.63, 3.8) is 0 Å². The second kappa shape index (κ2) is 6.06. The molecule has 0 heterocycles. The largest absolute Gasteiger partial charge is 0.481 e. The summed E-state index contributed by atoms with van der Waals surface area (Å²) in [5, 5.41) is 5.93. The Bertz CT molecular complexity index is 459. The van der Waals surface area contributed by atoms with Crippen molar-refractivity contribution in [2.45, 2.75) is 38.3 Å². The number of hydrogen-bond donors (Lipinski definition) is 2. The van der Waals surface area contributed by atoms with Gasteiger partial charge in [0.25, 0.3) is 5.91 Å². The Kier molecular flexibility index (Phi) is 4.43. The monoisotopic (exact) mass is 262 g/mol. The lowest BCUT2D eigenvalue weighted by molar-refractivity contribution is -0.126. The predicted molar refractivity (Wildman–Crippen MR) is 75.3 cm³/mol. The molecule has 2 rings (SSSR count). The van der Waals surface area contributed by atoms with E-state index in [1.54, 1.807) is 14.0 Å². The van der Waals surface area contributed by atoms with E-state index >= 15 is 0 Å². The zero-order valence-corrected chi connectivity index (χ0v) is 11.8. The Hall–Kier alpha value is -1.55. The van der Waals surface area contributed by atoms with E-state index in [1.165, 1.54) is 24.0 Å². The Morgan fingerprint density at radius 3 is 2.89 bits per heavy atom. The van der Waals surface area contributed by atoms with E-state index in [1.807, 2.05) is 13.1 Å². The molecule has 104 valence electrons. The summed E-state index contributed by atoms with van der Waals surface area (Å²) >= 11 is 0. The second-order valence-electron chi connectivity index (χ2n) is 4.97. The summed E-state index contributed by atoms with van der Waals surface area (Å²) in [6.07, 6.45) is 2.98. The van der Waals surface area contributed by atoms with Crippen molar-refractivity contribution in [2.24, 2.45) is 0 Å². The molecule has 1 aliphatic carbocycles. The molecular weight excluding hydrogens is 240 g/mol. The summed E-state index contributed by atoms with van der Waals surface area (Å²) in [4.78, 5) is 11.5. The maximum absolute atomic E-state index is 11.5. The van der Waals surface area contributed by atoms with Gasteiger partial charge in [-0.2, -0.15) is 0 Å². The molecule has 4 heteroatoms. The molecule has 0 saturated carbocycles. The molecule has 1 amide bonds. The first kappa shape index (κ1) is 13.9. The van der Waals surface area contributed by atoms with E-state index in [0.717, 1.165) is 12.2 Å². The van der Waals surface area contributed by atoms with Gasteiger partial charge in [-0.1, -0.05) is 6.07 Å². The van der Waals surface area contributed by atoms with Gasteiger partial charge in [0.2, 0.25) is 0 Å². The zero-order chi connectivity index (χ0) is 13.8. The van der Waals surface area contributed by atoms with Gasteiger partial charge < -0.3 is 15.4 Å². The molecule has 19 heavy (non-hydrogen) atoms. The van der Waals surface area contributed by atoms with Crippen LogP contribution in [0.2, 0.25) is 0 Å². The number of amides is 1. The molecule has 1 aromatic rings. The molecule has 0 aliphatic heterocycles. The van der Waals surface area contributed by atoms with Crippen LogP contribution in [0.5, 0.6) is 5.75 Å². The van der Waals surface area contributed by atoms with Crippen LogP contribution in [0, 0.1) is 0 Å². The highest BCUT2D eigenvalue weighted by Gasteiger charge is 2.20. The van der Waals surface area contributed by atoms with Crippen molar-refractivity contribution in [2.75, 3.05) is 14.1 Å². The SMILES string of the molecule is CNC(=O)C(C)Oc1ccc2c(c1)CCCC2NC. The standard InChI is InChI=1S/C15H22N2O2/c1-10(15(18)17-3)19-12-7-8-13-11(9-12)5-4-6-14(13)16-2/h7-10,14,16H,4-6H2,1-3H3,(H,17,18). The third-order valence-corrected chi connectivity index (χ3v) is 3.71. The molecule has 2 N–H and O–H groups in total. The minimum absolute atomic E-state index is 0.106. The molecule has 1 aromatic carbocycles. The number of hydrogen-bond acceptors (Lipinski definition) is 3. The molecule has 2 atom stereocenters. The smallest absolute Gasteiger partial charge is 0.260 e. The van der Waals surface area contributed by atoms with Crippen molar-refractivity contribution in [3.05, 3.63) is 29.3 Å². The normalized spacial score (nSPS) is 19.4. The Labute approximate surface area is 114 Å². The van der Waals surface area contributed by atoms with Crippen LogP contribution < -0.4 is 15.4 Å². The van der Waals surface area contributed by atoms with Crippen molar-refractivity contribution in [3.8, 4) is 5.75 Å². The average molecular weight is 262 g/mol. The van der Waals surface area contributed by atoms with E-state index in [2.05, 4.69) is 22.8 Å². The van der Waals surface area contributed by atoms with Crippen molar-refractivity contribution >= 4 is 5.91 Å². The molecule has 0 spiro atoms. The number of aryl methyl sites for hydroxylation is 1. The third-order valence-electron chi connectivity index (χ3n) is 3.71. The minimum Gasteiger partial charge on any atom is -0.481 e. The fourth-order valence-electron chi connectivity index (χ4n) is 2.62. The van der Waals surface area contributed by atoms with Gasteiger partial charge in [0, 0.05) is 13.1 Å². The lowest BCUT2D eigenvalue weighted by atomic mass is 9.87. The van der Waals surface area contributed by atoms with Crippen molar-refractivity contribution in [1.29, 1.82) is 0 Å². The van der Waals surface area contributed by atoms with Gasteiger partial charge >= 0.3 is 0 Å². The number of carbonyl (C=O) groups is 1. The molecule has 1 aliphatic rings. The fourth-order valence-corrected chi connectivity index (χ4v) is 2.62. The highest BCUT2D eigenvalue weighted by molar-refractivity contribution is 5.80. The molecule has 0 aromatic heterocycles. The first-order valence-corrected chi connectivity index (χ1v) is 6.84. The van der Waals surface area contributed by atoms with Gasteiger partial charge in [-0.25, -0.2) is 0 Å². The lowest BCUT2D eigenvalue weighted by Crippen LogP contribution is -2.33. The van der Waals surface area contributed by atoms with Crippen molar-refractivity contribution in [1.82, 2.24) is 10.6 Å². The summed E-state index contributed by atoms with van der Waals surface area (Å²) in [7, 11) is 3.62. The van der Waals surface area contributed by atoms with Crippen LogP contribution in [-0.2, 0) is 11.2 Å². The predicted octanol–water partition coefficient (Wildman–Crippen LogP) is 1.80. The Morgan fingerprint density at radius 1 is 1.42 bits per heavy atom. The van der Waals surface area contributed by atoms with Crippen LogP contribution in [0.4, 0.5) is 0 Å². The summed E-state index contributed by atoms with van der Waals surface area (Å²) in [6, 6.07) is 6.57. The maximum Gasteiger partial charge on any atom is 0.260 e. The van der Waals surface area contributed by atoms with E-state index < -0.39 is 6.10 Å². The molecule has 4 nitrogen and oxygen atoms in total. The van der Waals surface area contributed by atoms with Crippen LogP contribution in [0.25, 0.3) is 0 Å². The lowest BCUT2D eigenvalue weighted by Gasteiger charge is -2.26. The first-order chi connectivity index (χ1) is 9.15. The van der Waals surface area contributed by atoms with E-state index in [4.69, 9.17) is 4.74 Å². The van der Waals surface area contributed by atoms with Gasteiger partial charge in [-0.05, 0) is 56.5 Å². The van der Waals surface area contributed by atoms with Crippen LogP contribution in [0.3, 0.4) is 0 Å². The number of carbonyl (C=O) groups excluding carboxylic acids is 1. The number of nitrogens with one attached hydrogen (secondary N) is 2. The van der Waals surface area contributed by atoms with Gasteiger partial charge in [-0.3, -0.25) is 4.79 Å². The van der Waals surface area contributed by atoms with E-state index in [-0.39, 0.29) is 5.91 Å². The first-order valence-electron chi connectivity index (χ1n) is 6.84. The number of benzene rings is 1. The highest BCUT2D eigenvalue weighted by Crippen LogP contribution is 2.32. The number of likely N-dealkylation sites (N-methyl/N-ethyl adjacent to an activating group) is 1. The number of rotatable bonds is 4. The minimum atomic E-state index is -0.466. The molecular formula is C15H22N2O2. The fraction of sp³-hybridized carbons (Fsp3) is 0.533. The summed E-state index contributed by atoms with van der Waals surface area (Å²) < 4.78 is 5.67. The molecule has 2 unspecified atom stereocenters. The summed E-state index contributed by atoms with van der Waals surface area (Å²) in [5.74, 6) is 0.664. The zero-order valence-electron chi connectivity index (χ0n) is 11.8. The van der Waals surface area contributed by atoms with Crippen molar-refractivity contribution < 1.29 is 9.53 Å². The topological polar surface area (TPSA) is 50.4 Å². The molecule has 0 radical (unpaired) electrons. The van der Waals surface area contributed by atoms with E-state index in [9.17, 15) is 4.79 Å². The van der Waals surface area contributed by atoms with Crippen LogP contribution in [0.15, 0.2) is 18.2 Å². The van der Waals surface area contributed by atoms with Gasteiger partial charge in [-0.15, -0.1) is 0 Å².